The van der Waals surface area contributed by atoms with Gasteiger partial charge in [0, 0.05) is 0 Å². The van der Waals surface area contributed by atoms with Gasteiger partial charge in [0.2, 0.25) is 5.88 Å². The Morgan fingerprint density at radius 3 is 3.00 bits per heavy atom. The third-order valence-electron chi connectivity index (χ3n) is 2.52. The fraction of sp³-hybridized carbons (Fsp3) is 0.444. The van der Waals surface area contributed by atoms with Crippen LogP contribution in [0.15, 0.2) is 11.1 Å². The number of hydrogen-bond acceptors (Lipinski definition) is 4. The van der Waals surface area contributed by atoms with Crippen LogP contribution in [0.25, 0.3) is 11.2 Å². The van der Waals surface area contributed by atoms with E-state index in [0.29, 0.717) is 16.3 Å². The van der Waals surface area contributed by atoms with E-state index in [2.05, 4.69) is 42.8 Å². The smallest absolute Gasteiger partial charge is 0.243 e. The maximum absolute atomic E-state index is 5.80. The van der Waals surface area contributed by atoms with Gasteiger partial charge in [-0.25, -0.2) is 9.97 Å². The number of aromatic amines is 1. The number of rotatable bonds is 2. The Balaban J connectivity index is 2.08. The lowest BCUT2D eigenvalue weighted by atomic mass is 10.4. The minimum atomic E-state index is -0.0428. The van der Waals surface area contributed by atoms with Gasteiger partial charge in [0.15, 0.2) is 10.4 Å². The molecule has 0 radical (unpaired) electrons. The number of ether oxygens (including phenoxy) is 1. The van der Waals surface area contributed by atoms with Crippen molar-refractivity contribution < 1.29 is 4.74 Å². The minimum Gasteiger partial charge on any atom is -0.470 e. The summed E-state index contributed by atoms with van der Waals surface area (Å²) < 4.78 is 6.44. The van der Waals surface area contributed by atoms with Gasteiger partial charge in [-0.05, 0) is 35.7 Å². The monoisotopic (exact) mass is 268 g/mol. The van der Waals surface area contributed by atoms with E-state index in [0.717, 1.165) is 18.4 Å². The number of nitrogens with zero attached hydrogens (tertiary/aromatic N) is 3. The zero-order valence-corrected chi connectivity index (χ0v) is 9.71. The molecule has 0 unspecified atom stereocenters. The van der Waals surface area contributed by atoms with Crippen LogP contribution in [0.3, 0.4) is 0 Å². The summed E-state index contributed by atoms with van der Waals surface area (Å²) in [7, 11) is 0. The summed E-state index contributed by atoms with van der Waals surface area (Å²) >= 11 is 3.26. The van der Waals surface area contributed by atoms with Gasteiger partial charge < -0.3 is 9.72 Å². The molecular formula is C9H9BrN4O. The second-order valence-corrected chi connectivity index (χ2v) is 4.71. The molecule has 5 nitrogen and oxygen atoms in total. The molecule has 2 heterocycles. The number of imidazole rings is 1. The summed E-state index contributed by atoms with van der Waals surface area (Å²) in [5, 5.41) is 0. The van der Waals surface area contributed by atoms with Gasteiger partial charge in [0.1, 0.15) is 17.4 Å². The molecule has 1 fully saturated rings. The molecule has 0 spiro atoms. The number of aromatic nitrogens is 4. The van der Waals surface area contributed by atoms with Crippen molar-refractivity contribution in [3.05, 3.63) is 11.1 Å². The molecule has 0 saturated heterocycles. The van der Waals surface area contributed by atoms with Crippen molar-refractivity contribution in [3.8, 4) is 5.88 Å². The molecule has 0 bridgehead atoms. The van der Waals surface area contributed by atoms with Crippen molar-refractivity contribution in [2.75, 3.05) is 0 Å². The highest BCUT2D eigenvalue weighted by atomic mass is 79.9. The van der Waals surface area contributed by atoms with Crippen LogP contribution in [0, 0.1) is 0 Å². The highest BCUT2D eigenvalue weighted by molar-refractivity contribution is 9.10. The zero-order chi connectivity index (χ0) is 10.5. The molecular weight excluding hydrogens is 260 g/mol. The van der Waals surface area contributed by atoms with E-state index in [4.69, 9.17) is 4.74 Å². The molecule has 1 N–H and O–H groups in total. The molecule has 0 amide bonds. The first-order valence-corrected chi connectivity index (χ1v) is 5.51. The first kappa shape index (κ1) is 9.08. The number of nitrogens with one attached hydrogen (secondary N) is 1. The summed E-state index contributed by atoms with van der Waals surface area (Å²) in [5.74, 6) is 0.582. The normalized spacial score (nSPS) is 18.0. The van der Waals surface area contributed by atoms with Crippen molar-refractivity contribution in [1.29, 1.82) is 0 Å². The Kier molecular flexibility index (Phi) is 1.76. The van der Waals surface area contributed by atoms with Gasteiger partial charge in [-0.1, -0.05) is 0 Å². The predicted octanol–water partition coefficient (Wildman–Crippen LogP) is 2.05. The highest BCUT2D eigenvalue weighted by Crippen LogP contribution is 2.40. The molecule has 2 aromatic heterocycles. The van der Waals surface area contributed by atoms with E-state index >= 15 is 0 Å². The second kappa shape index (κ2) is 2.91. The third-order valence-corrected chi connectivity index (χ3v) is 2.90. The summed E-state index contributed by atoms with van der Waals surface area (Å²) in [5.41, 5.74) is 1.33. The van der Waals surface area contributed by atoms with Gasteiger partial charge in [-0.15, -0.1) is 0 Å². The van der Waals surface area contributed by atoms with E-state index < -0.39 is 0 Å². The van der Waals surface area contributed by atoms with Crippen molar-refractivity contribution >= 4 is 27.1 Å². The van der Waals surface area contributed by atoms with Gasteiger partial charge in [-0.2, -0.15) is 4.98 Å². The van der Waals surface area contributed by atoms with Crippen LogP contribution in [0.5, 0.6) is 5.88 Å². The molecule has 15 heavy (non-hydrogen) atoms. The number of fused-ring (bicyclic) bond motifs is 1. The molecule has 1 saturated carbocycles. The van der Waals surface area contributed by atoms with Gasteiger partial charge in [0.05, 0.1) is 0 Å². The molecule has 2 aromatic rings. The van der Waals surface area contributed by atoms with Crippen LogP contribution in [-0.4, -0.2) is 25.5 Å². The van der Waals surface area contributed by atoms with E-state index in [1.54, 1.807) is 0 Å². The van der Waals surface area contributed by atoms with Gasteiger partial charge in [-0.3, -0.25) is 0 Å². The Labute approximate surface area is 94.4 Å². The van der Waals surface area contributed by atoms with Gasteiger partial charge in [0.25, 0.3) is 0 Å². The Morgan fingerprint density at radius 1 is 1.47 bits per heavy atom. The van der Waals surface area contributed by atoms with E-state index in [1.807, 2.05) is 0 Å². The van der Waals surface area contributed by atoms with Crippen LogP contribution in [-0.2, 0) is 0 Å². The lowest BCUT2D eigenvalue weighted by molar-refractivity contribution is 0.194. The van der Waals surface area contributed by atoms with Crippen LogP contribution in [0.1, 0.15) is 19.8 Å². The predicted molar refractivity (Wildman–Crippen MR) is 57.7 cm³/mol. The van der Waals surface area contributed by atoms with Crippen LogP contribution < -0.4 is 4.74 Å². The molecule has 0 aromatic carbocycles. The zero-order valence-electron chi connectivity index (χ0n) is 8.12. The molecule has 1 aliphatic rings. The van der Waals surface area contributed by atoms with Crippen LogP contribution in [0.2, 0.25) is 0 Å². The average molecular weight is 269 g/mol. The average Bonchev–Trinajstić information content (AvgIpc) is 2.76. The first-order chi connectivity index (χ1) is 7.16. The standard InChI is InChI=1S/C9H9BrN4O/c1-9(2-3-9)15-7-5-6(11-4-12-7)14-8(10)13-5/h4H,2-3H2,1H3,(H,11,12,13,14). The molecule has 0 atom stereocenters. The van der Waals surface area contributed by atoms with Crippen molar-refractivity contribution in [2.24, 2.45) is 0 Å². The topological polar surface area (TPSA) is 63.7 Å². The Morgan fingerprint density at radius 2 is 2.27 bits per heavy atom. The summed E-state index contributed by atoms with van der Waals surface area (Å²) in [6.45, 7) is 2.08. The lowest BCUT2D eigenvalue weighted by Gasteiger charge is -2.11. The fourth-order valence-corrected chi connectivity index (χ4v) is 1.73. The largest absolute Gasteiger partial charge is 0.470 e. The maximum Gasteiger partial charge on any atom is 0.243 e. The first-order valence-electron chi connectivity index (χ1n) is 4.72. The Bertz CT molecular complexity index is 520. The minimum absolute atomic E-state index is 0.0428. The maximum atomic E-state index is 5.80. The Hall–Kier alpha value is -1.17. The van der Waals surface area contributed by atoms with E-state index in [-0.39, 0.29) is 5.60 Å². The molecule has 6 heteroatoms. The quantitative estimate of drug-likeness (QED) is 0.847. The number of halogens is 1. The molecule has 78 valence electrons. The molecule has 0 aliphatic heterocycles. The van der Waals surface area contributed by atoms with E-state index in [1.165, 1.54) is 6.33 Å². The fourth-order valence-electron chi connectivity index (χ4n) is 1.37. The van der Waals surface area contributed by atoms with Crippen molar-refractivity contribution in [2.45, 2.75) is 25.4 Å². The van der Waals surface area contributed by atoms with Crippen molar-refractivity contribution in [1.82, 2.24) is 19.9 Å². The van der Waals surface area contributed by atoms with Crippen LogP contribution >= 0.6 is 15.9 Å². The van der Waals surface area contributed by atoms with Crippen molar-refractivity contribution in [3.63, 3.8) is 0 Å². The molecule has 3 rings (SSSR count). The SMILES string of the molecule is CC1(Oc2ncnc3nc(Br)[nH]c23)CC1. The summed E-state index contributed by atoms with van der Waals surface area (Å²) in [6.07, 6.45) is 3.62. The third kappa shape index (κ3) is 1.58. The summed E-state index contributed by atoms with van der Waals surface area (Å²) in [6, 6.07) is 0. The van der Waals surface area contributed by atoms with E-state index in [9.17, 15) is 0 Å². The number of H-pyrrole nitrogens is 1. The molecule has 1 aliphatic carbocycles. The second-order valence-electron chi connectivity index (χ2n) is 3.96. The summed E-state index contributed by atoms with van der Waals surface area (Å²) in [4.78, 5) is 15.4. The van der Waals surface area contributed by atoms with Crippen LogP contribution in [0.4, 0.5) is 0 Å². The van der Waals surface area contributed by atoms with Gasteiger partial charge >= 0.3 is 0 Å². The lowest BCUT2D eigenvalue weighted by Crippen LogP contribution is -2.13. The highest BCUT2D eigenvalue weighted by Gasteiger charge is 2.41. The number of hydrogen-bond donors (Lipinski definition) is 1.